The van der Waals surface area contributed by atoms with Crippen LogP contribution in [0.25, 0.3) is 5.52 Å². The van der Waals surface area contributed by atoms with Crippen LogP contribution >= 0.6 is 0 Å². The van der Waals surface area contributed by atoms with Crippen LogP contribution in [0.15, 0.2) is 24.5 Å². The van der Waals surface area contributed by atoms with E-state index in [0.29, 0.717) is 11.4 Å². The molecule has 4 heteroatoms. The van der Waals surface area contributed by atoms with Crippen molar-refractivity contribution in [2.45, 2.75) is 0 Å². The lowest BCUT2D eigenvalue weighted by Crippen LogP contribution is -1.90. The molecule has 2 heterocycles. The monoisotopic (exact) mass is 148 g/mol. The molecule has 4 N–H and O–H groups in total. The van der Waals surface area contributed by atoms with Crippen LogP contribution in [-0.2, 0) is 0 Å². The highest BCUT2D eigenvalue weighted by atomic mass is 15.2. The second-order valence-electron chi connectivity index (χ2n) is 2.39. The lowest BCUT2D eigenvalue weighted by Gasteiger charge is -1.94. The number of nitrogens with two attached hydrogens (primary N) is 2. The van der Waals surface area contributed by atoms with Gasteiger partial charge in [-0.2, -0.15) is 5.10 Å². The zero-order chi connectivity index (χ0) is 7.84. The van der Waals surface area contributed by atoms with Gasteiger partial charge in [-0.05, 0) is 12.1 Å². The number of rotatable bonds is 0. The molecule has 4 nitrogen and oxygen atoms in total. The van der Waals surface area contributed by atoms with Crippen LogP contribution < -0.4 is 11.5 Å². The van der Waals surface area contributed by atoms with Crippen molar-refractivity contribution < 1.29 is 0 Å². The molecule has 0 amide bonds. The van der Waals surface area contributed by atoms with Crippen LogP contribution in [0.4, 0.5) is 11.4 Å². The lowest BCUT2D eigenvalue weighted by atomic mass is 10.3. The number of anilines is 2. The molecule has 0 unspecified atom stereocenters. The summed E-state index contributed by atoms with van der Waals surface area (Å²) in [5, 5.41) is 4.00. The van der Waals surface area contributed by atoms with Gasteiger partial charge in [-0.1, -0.05) is 0 Å². The summed E-state index contributed by atoms with van der Waals surface area (Å²) >= 11 is 0. The van der Waals surface area contributed by atoms with Crippen molar-refractivity contribution in [2.24, 2.45) is 0 Å². The Bertz CT molecular complexity index is 390. The van der Waals surface area contributed by atoms with Crippen molar-refractivity contribution in [3.63, 3.8) is 0 Å². The van der Waals surface area contributed by atoms with Crippen molar-refractivity contribution >= 4 is 16.9 Å². The molecule has 0 spiro atoms. The van der Waals surface area contributed by atoms with Gasteiger partial charge in [0.2, 0.25) is 0 Å². The molecule has 0 aliphatic heterocycles. The van der Waals surface area contributed by atoms with Crippen LogP contribution in [0, 0.1) is 0 Å². The molecule has 2 rings (SSSR count). The SMILES string of the molecule is Nc1ccn2ncc(N)c2c1. The number of nitrogen functional groups attached to an aromatic ring is 2. The molecular formula is C7H8N4. The van der Waals surface area contributed by atoms with E-state index in [1.165, 1.54) is 0 Å². The fraction of sp³-hybridized carbons (Fsp3) is 0. The summed E-state index contributed by atoms with van der Waals surface area (Å²) < 4.78 is 1.69. The molecule has 0 aromatic carbocycles. The van der Waals surface area contributed by atoms with E-state index in [4.69, 9.17) is 11.5 Å². The molecule has 0 atom stereocenters. The van der Waals surface area contributed by atoms with E-state index >= 15 is 0 Å². The predicted octanol–water partition coefficient (Wildman–Crippen LogP) is 0.499. The fourth-order valence-corrected chi connectivity index (χ4v) is 1.02. The van der Waals surface area contributed by atoms with Gasteiger partial charge in [0.25, 0.3) is 0 Å². The van der Waals surface area contributed by atoms with Gasteiger partial charge >= 0.3 is 0 Å². The standard InChI is InChI=1S/C7H8N4/c8-5-1-2-11-7(3-5)6(9)4-10-11/h1-4H,8-9H2. The van der Waals surface area contributed by atoms with Crippen molar-refractivity contribution in [1.29, 1.82) is 0 Å². The van der Waals surface area contributed by atoms with Gasteiger partial charge < -0.3 is 11.5 Å². The first-order valence-electron chi connectivity index (χ1n) is 3.26. The molecule has 11 heavy (non-hydrogen) atoms. The van der Waals surface area contributed by atoms with Crippen molar-refractivity contribution in [2.75, 3.05) is 11.5 Å². The van der Waals surface area contributed by atoms with Crippen LogP contribution in [-0.4, -0.2) is 9.61 Å². The van der Waals surface area contributed by atoms with E-state index in [-0.39, 0.29) is 0 Å². The Morgan fingerprint density at radius 1 is 1.36 bits per heavy atom. The topological polar surface area (TPSA) is 69.3 Å². The Morgan fingerprint density at radius 3 is 3.00 bits per heavy atom. The highest BCUT2D eigenvalue weighted by molar-refractivity contribution is 5.71. The van der Waals surface area contributed by atoms with Gasteiger partial charge in [-0.25, -0.2) is 4.52 Å². The molecule has 0 aliphatic rings. The van der Waals surface area contributed by atoms with E-state index in [9.17, 15) is 0 Å². The quantitative estimate of drug-likeness (QED) is 0.571. The molecule has 56 valence electrons. The smallest absolute Gasteiger partial charge is 0.0911 e. The van der Waals surface area contributed by atoms with Crippen molar-refractivity contribution in [3.05, 3.63) is 24.5 Å². The third kappa shape index (κ3) is 0.797. The van der Waals surface area contributed by atoms with E-state index in [1.807, 2.05) is 0 Å². The summed E-state index contributed by atoms with van der Waals surface area (Å²) in [4.78, 5) is 0. The third-order valence-corrected chi connectivity index (χ3v) is 1.58. The van der Waals surface area contributed by atoms with Crippen LogP contribution in [0.2, 0.25) is 0 Å². The summed E-state index contributed by atoms with van der Waals surface area (Å²) in [7, 11) is 0. The van der Waals surface area contributed by atoms with Gasteiger partial charge in [-0.15, -0.1) is 0 Å². The van der Waals surface area contributed by atoms with Crippen LogP contribution in [0.5, 0.6) is 0 Å². The third-order valence-electron chi connectivity index (χ3n) is 1.58. The highest BCUT2D eigenvalue weighted by Crippen LogP contribution is 2.14. The number of fused-ring (bicyclic) bond motifs is 1. The van der Waals surface area contributed by atoms with Gasteiger partial charge in [0.05, 0.1) is 17.4 Å². The van der Waals surface area contributed by atoms with E-state index < -0.39 is 0 Å². The Balaban J connectivity index is 2.87. The van der Waals surface area contributed by atoms with Gasteiger partial charge in [-0.3, -0.25) is 0 Å². The fourth-order valence-electron chi connectivity index (χ4n) is 1.02. The maximum atomic E-state index is 5.61. The van der Waals surface area contributed by atoms with Crippen molar-refractivity contribution in [3.8, 4) is 0 Å². The number of nitrogens with zero attached hydrogens (tertiary/aromatic N) is 2. The minimum Gasteiger partial charge on any atom is -0.399 e. The summed E-state index contributed by atoms with van der Waals surface area (Å²) in [5.74, 6) is 0. The van der Waals surface area contributed by atoms with Crippen molar-refractivity contribution in [1.82, 2.24) is 9.61 Å². The Kier molecular flexibility index (Phi) is 1.03. The molecule has 0 saturated heterocycles. The highest BCUT2D eigenvalue weighted by Gasteiger charge is 1.98. The lowest BCUT2D eigenvalue weighted by molar-refractivity contribution is 0.962. The molecule has 2 aromatic heterocycles. The second kappa shape index (κ2) is 1.88. The van der Waals surface area contributed by atoms with E-state index in [2.05, 4.69) is 5.10 Å². The zero-order valence-electron chi connectivity index (χ0n) is 5.86. The summed E-state index contributed by atoms with van der Waals surface area (Å²) in [6, 6.07) is 3.57. The number of hydrogen-bond acceptors (Lipinski definition) is 3. The van der Waals surface area contributed by atoms with E-state index in [0.717, 1.165) is 5.52 Å². The number of pyridine rings is 1. The minimum absolute atomic E-state index is 0.650. The largest absolute Gasteiger partial charge is 0.399 e. The maximum absolute atomic E-state index is 5.61. The average Bonchev–Trinajstić information content (AvgIpc) is 2.33. The first kappa shape index (κ1) is 6.03. The summed E-state index contributed by atoms with van der Waals surface area (Å²) in [6.45, 7) is 0. The number of aromatic nitrogens is 2. The van der Waals surface area contributed by atoms with Gasteiger partial charge in [0.15, 0.2) is 0 Å². The van der Waals surface area contributed by atoms with Gasteiger partial charge in [0, 0.05) is 11.9 Å². The van der Waals surface area contributed by atoms with Crippen LogP contribution in [0.1, 0.15) is 0 Å². The zero-order valence-corrected chi connectivity index (χ0v) is 5.86. The second-order valence-corrected chi connectivity index (χ2v) is 2.39. The average molecular weight is 148 g/mol. The number of hydrogen-bond donors (Lipinski definition) is 2. The molecule has 0 aliphatic carbocycles. The molecule has 0 bridgehead atoms. The Labute approximate surface area is 63.4 Å². The predicted molar refractivity (Wildman–Crippen MR) is 44.0 cm³/mol. The molecule has 2 aromatic rings. The normalized spacial score (nSPS) is 10.5. The summed E-state index contributed by atoms with van der Waals surface area (Å²) in [5.41, 5.74) is 13.4. The van der Waals surface area contributed by atoms with Gasteiger partial charge in [0.1, 0.15) is 0 Å². The maximum Gasteiger partial charge on any atom is 0.0911 e. The summed E-state index contributed by atoms with van der Waals surface area (Å²) in [6.07, 6.45) is 3.38. The minimum atomic E-state index is 0.650. The van der Waals surface area contributed by atoms with E-state index in [1.54, 1.807) is 29.0 Å². The molecule has 0 fully saturated rings. The first-order chi connectivity index (χ1) is 5.27. The molecule has 0 radical (unpaired) electrons. The molecule has 0 saturated carbocycles. The Hall–Kier alpha value is -1.71. The molecular weight excluding hydrogens is 140 g/mol. The first-order valence-corrected chi connectivity index (χ1v) is 3.26. The van der Waals surface area contributed by atoms with Crippen LogP contribution in [0.3, 0.4) is 0 Å². The Morgan fingerprint density at radius 2 is 2.18 bits per heavy atom.